The van der Waals surface area contributed by atoms with Crippen molar-refractivity contribution in [1.82, 2.24) is 9.80 Å². The predicted molar refractivity (Wildman–Crippen MR) is 92.2 cm³/mol. The summed E-state index contributed by atoms with van der Waals surface area (Å²) in [5.74, 6) is 1.65. The Balaban J connectivity index is 1.89. The van der Waals surface area contributed by atoms with E-state index in [9.17, 15) is 4.79 Å². The minimum absolute atomic E-state index is 0.176. The molecule has 2 rings (SSSR count). The molecular formula is C19H30N2O. The van der Waals surface area contributed by atoms with Gasteiger partial charge in [0.1, 0.15) is 0 Å². The van der Waals surface area contributed by atoms with Crippen LogP contribution >= 0.6 is 0 Å². The van der Waals surface area contributed by atoms with Gasteiger partial charge in [0.05, 0.1) is 0 Å². The van der Waals surface area contributed by atoms with Gasteiger partial charge in [-0.2, -0.15) is 0 Å². The topological polar surface area (TPSA) is 23.6 Å². The number of hydrogen-bond donors (Lipinski definition) is 0. The zero-order valence-electron chi connectivity index (χ0n) is 14.5. The summed E-state index contributed by atoms with van der Waals surface area (Å²) in [5, 5.41) is 0. The maximum absolute atomic E-state index is 12.5. The van der Waals surface area contributed by atoms with Crippen LogP contribution in [0.2, 0.25) is 0 Å². The largest absolute Gasteiger partial charge is 0.336 e. The fraction of sp³-hybridized carbons (Fsp3) is 0.632. The summed E-state index contributed by atoms with van der Waals surface area (Å²) in [4.78, 5) is 16.7. The van der Waals surface area contributed by atoms with E-state index in [0.29, 0.717) is 0 Å². The zero-order valence-corrected chi connectivity index (χ0v) is 14.5. The number of piperazine rings is 1. The number of amides is 1. The number of aryl methyl sites for hydroxylation is 1. The number of carbonyl (C=O) groups excluding carboxylic acids is 1. The lowest BCUT2D eigenvalue weighted by Gasteiger charge is -2.32. The second-order valence-electron chi connectivity index (χ2n) is 7.05. The minimum Gasteiger partial charge on any atom is -0.336 e. The molecule has 1 aromatic rings. The van der Waals surface area contributed by atoms with Gasteiger partial charge in [-0.15, -0.1) is 0 Å². The van der Waals surface area contributed by atoms with Gasteiger partial charge in [-0.05, 0) is 49.4 Å². The van der Waals surface area contributed by atoms with Crippen LogP contribution in [-0.2, 0) is 6.42 Å². The highest BCUT2D eigenvalue weighted by Gasteiger charge is 2.20. The Morgan fingerprint density at radius 2 is 1.64 bits per heavy atom. The lowest BCUT2D eigenvalue weighted by Crippen LogP contribution is -2.47. The highest BCUT2D eigenvalue weighted by molar-refractivity contribution is 5.94. The molecule has 1 unspecified atom stereocenters. The lowest BCUT2D eigenvalue weighted by atomic mass is 9.91. The Bertz CT molecular complexity index is 473. The van der Waals surface area contributed by atoms with Crippen molar-refractivity contribution in [3.8, 4) is 0 Å². The molecule has 0 aromatic heterocycles. The highest BCUT2D eigenvalue weighted by Crippen LogP contribution is 2.18. The third-order valence-corrected chi connectivity index (χ3v) is 5.02. The molecule has 0 aliphatic carbocycles. The summed E-state index contributed by atoms with van der Waals surface area (Å²) in [7, 11) is 2.11. The SMILES string of the molecule is CC(C)C(C)CCc1ccc(C(=O)N2CCN(C)CC2)cc1. The van der Waals surface area contributed by atoms with Crippen molar-refractivity contribution in [3.63, 3.8) is 0 Å². The summed E-state index contributed by atoms with van der Waals surface area (Å²) < 4.78 is 0. The van der Waals surface area contributed by atoms with Crippen molar-refractivity contribution >= 4 is 5.91 Å². The Morgan fingerprint density at radius 1 is 1.05 bits per heavy atom. The Hall–Kier alpha value is -1.35. The second-order valence-corrected chi connectivity index (χ2v) is 7.05. The van der Waals surface area contributed by atoms with Gasteiger partial charge in [0.25, 0.3) is 5.91 Å². The summed E-state index contributed by atoms with van der Waals surface area (Å²) in [6, 6.07) is 8.23. The van der Waals surface area contributed by atoms with Crippen LogP contribution < -0.4 is 0 Å². The molecule has 122 valence electrons. The van der Waals surface area contributed by atoms with Crippen molar-refractivity contribution < 1.29 is 4.79 Å². The summed E-state index contributed by atoms with van der Waals surface area (Å²) in [6.45, 7) is 10.5. The predicted octanol–water partition coefficient (Wildman–Crippen LogP) is 3.30. The quantitative estimate of drug-likeness (QED) is 0.833. The molecule has 3 heteroatoms. The fourth-order valence-corrected chi connectivity index (χ4v) is 2.73. The molecule has 1 fully saturated rings. The van der Waals surface area contributed by atoms with E-state index in [2.05, 4.69) is 44.9 Å². The number of hydrogen-bond acceptors (Lipinski definition) is 2. The molecule has 0 N–H and O–H groups in total. The molecule has 0 spiro atoms. The van der Waals surface area contributed by atoms with Gasteiger partial charge in [-0.25, -0.2) is 0 Å². The van der Waals surface area contributed by atoms with Crippen molar-refractivity contribution in [2.24, 2.45) is 11.8 Å². The monoisotopic (exact) mass is 302 g/mol. The fourth-order valence-electron chi connectivity index (χ4n) is 2.73. The van der Waals surface area contributed by atoms with E-state index in [0.717, 1.165) is 50.0 Å². The first-order valence-electron chi connectivity index (χ1n) is 8.54. The smallest absolute Gasteiger partial charge is 0.253 e. The van der Waals surface area contributed by atoms with E-state index >= 15 is 0 Å². The van der Waals surface area contributed by atoms with Crippen LogP contribution in [0.5, 0.6) is 0 Å². The van der Waals surface area contributed by atoms with Crippen LogP contribution in [0.1, 0.15) is 43.1 Å². The Labute approximate surface area is 135 Å². The third kappa shape index (κ3) is 4.57. The molecular weight excluding hydrogens is 272 g/mol. The highest BCUT2D eigenvalue weighted by atomic mass is 16.2. The standard InChI is InChI=1S/C19H30N2O/c1-15(2)16(3)5-6-17-7-9-18(10-8-17)19(22)21-13-11-20(4)12-14-21/h7-10,15-16H,5-6,11-14H2,1-4H3. The third-order valence-electron chi connectivity index (χ3n) is 5.02. The number of carbonyl (C=O) groups is 1. The second kappa shape index (κ2) is 7.77. The molecule has 1 saturated heterocycles. The summed E-state index contributed by atoms with van der Waals surface area (Å²) in [5.41, 5.74) is 2.16. The normalized spacial score (nSPS) is 17.8. The van der Waals surface area contributed by atoms with Gasteiger partial charge in [0.15, 0.2) is 0 Å². The first kappa shape index (κ1) is 17.0. The van der Waals surface area contributed by atoms with Gasteiger partial charge >= 0.3 is 0 Å². The number of benzene rings is 1. The molecule has 3 nitrogen and oxygen atoms in total. The molecule has 1 atom stereocenters. The van der Waals surface area contributed by atoms with Crippen molar-refractivity contribution in [3.05, 3.63) is 35.4 Å². The molecule has 1 aliphatic heterocycles. The van der Waals surface area contributed by atoms with Crippen LogP contribution in [0.15, 0.2) is 24.3 Å². The van der Waals surface area contributed by atoms with Crippen LogP contribution in [0.3, 0.4) is 0 Å². The molecule has 1 aliphatic rings. The summed E-state index contributed by atoms with van der Waals surface area (Å²) in [6.07, 6.45) is 2.31. The van der Waals surface area contributed by atoms with Crippen LogP contribution in [0, 0.1) is 11.8 Å². The van der Waals surface area contributed by atoms with E-state index in [4.69, 9.17) is 0 Å². The molecule has 0 bridgehead atoms. The molecule has 22 heavy (non-hydrogen) atoms. The van der Waals surface area contributed by atoms with E-state index in [1.807, 2.05) is 17.0 Å². The van der Waals surface area contributed by atoms with Crippen LogP contribution in [0.25, 0.3) is 0 Å². The van der Waals surface area contributed by atoms with Crippen LogP contribution in [0.4, 0.5) is 0 Å². The van der Waals surface area contributed by atoms with Gasteiger partial charge in [0, 0.05) is 31.7 Å². The van der Waals surface area contributed by atoms with E-state index in [-0.39, 0.29) is 5.91 Å². The van der Waals surface area contributed by atoms with Crippen molar-refractivity contribution in [1.29, 1.82) is 0 Å². The maximum Gasteiger partial charge on any atom is 0.253 e. The minimum atomic E-state index is 0.176. The number of nitrogens with zero attached hydrogens (tertiary/aromatic N) is 2. The average molecular weight is 302 g/mol. The number of likely N-dealkylation sites (N-methyl/N-ethyl adjacent to an activating group) is 1. The first-order valence-corrected chi connectivity index (χ1v) is 8.54. The Kier molecular flexibility index (Phi) is 6.01. The van der Waals surface area contributed by atoms with E-state index in [1.54, 1.807) is 0 Å². The molecule has 0 radical (unpaired) electrons. The number of rotatable bonds is 5. The molecule has 1 heterocycles. The van der Waals surface area contributed by atoms with Crippen molar-refractivity contribution in [2.45, 2.75) is 33.6 Å². The molecule has 1 aromatic carbocycles. The van der Waals surface area contributed by atoms with E-state index in [1.165, 1.54) is 12.0 Å². The first-order chi connectivity index (χ1) is 10.5. The Morgan fingerprint density at radius 3 is 2.18 bits per heavy atom. The zero-order chi connectivity index (χ0) is 16.1. The van der Waals surface area contributed by atoms with Crippen molar-refractivity contribution in [2.75, 3.05) is 33.2 Å². The van der Waals surface area contributed by atoms with Gasteiger partial charge in [0.2, 0.25) is 0 Å². The van der Waals surface area contributed by atoms with E-state index < -0.39 is 0 Å². The molecule has 0 saturated carbocycles. The van der Waals surface area contributed by atoms with Gasteiger partial charge in [-0.3, -0.25) is 4.79 Å². The lowest BCUT2D eigenvalue weighted by molar-refractivity contribution is 0.0664. The van der Waals surface area contributed by atoms with Gasteiger partial charge < -0.3 is 9.80 Å². The summed E-state index contributed by atoms with van der Waals surface area (Å²) >= 11 is 0. The maximum atomic E-state index is 12.5. The average Bonchev–Trinajstić information content (AvgIpc) is 2.53. The van der Waals surface area contributed by atoms with Gasteiger partial charge in [-0.1, -0.05) is 32.9 Å². The van der Waals surface area contributed by atoms with Crippen LogP contribution in [-0.4, -0.2) is 48.9 Å². The molecule has 1 amide bonds.